The molecule has 0 bridgehead atoms. The lowest BCUT2D eigenvalue weighted by Crippen LogP contribution is -2.30. The van der Waals surface area contributed by atoms with Gasteiger partial charge >= 0.3 is 0 Å². The topological polar surface area (TPSA) is 121 Å². The maximum absolute atomic E-state index is 15.0. The molecule has 0 radical (unpaired) electrons. The second kappa shape index (κ2) is 9.36. The van der Waals surface area contributed by atoms with Crippen molar-refractivity contribution in [3.63, 3.8) is 0 Å². The zero-order valence-electron chi connectivity index (χ0n) is 19.9. The second-order valence-electron chi connectivity index (χ2n) is 9.28. The van der Waals surface area contributed by atoms with Gasteiger partial charge in [0, 0.05) is 20.2 Å². The summed E-state index contributed by atoms with van der Waals surface area (Å²) in [7, 11) is 3.35. The van der Waals surface area contributed by atoms with Crippen LogP contribution >= 0.6 is 0 Å². The zero-order valence-corrected chi connectivity index (χ0v) is 19.9. The smallest absolute Gasteiger partial charge is 0.266 e. The standard InChI is InChI=1S/C24H30FN7O2/c1-13-5-7-15(8-6-13)20(18-10-19(23(26)33)31(3)30-18)24(34)29-16-9-17(25)21(27-12-16)22-14(2)11-28-32(22)4/h9-13,15,20H,5-8H2,1-4H3,(H2,26,33)(H,29,34). The van der Waals surface area contributed by atoms with Gasteiger partial charge in [-0.2, -0.15) is 10.2 Å². The zero-order chi connectivity index (χ0) is 24.6. The van der Waals surface area contributed by atoms with Crippen molar-refractivity contribution in [1.29, 1.82) is 0 Å². The van der Waals surface area contributed by atoms with Crippen molar-refractivity contribution >= 4 is 17.5 Å². The highest BCUT2D eigenvalue weighted by Gasteiger charge is 2.35. The Balaban J connectivity index is 1.62. The van der Waals surface area contributed by atoms with Gasteiger partial charge in [-0.15, -0.1) is 0 Å². The highest BCUT2D eigenvalue weighted by atomic mass is 19.1. The van der Waals surface area contributed by atoms with Crippen LogP contribution in [0.1, 0.15) is 60.3 Å². The number of hydrogen-bond acceptors (Lipinski definition) is 5. The maximum Gasteiger partial charge on any atom is 0.266 e. The van der Waals surface area contributed by atoms with E-state index in [0.717, 1.165) is 31.2 Å². The molecule has 3 aromatic heterocycles. The summed E-state index contributed by atoms with van der Waals surface area (Å²) in [5.41, 5.74) is 8.00. The van der Waals surface area contributed by atoms with Gasteiger partial charge in [-0.05, 0) is 43.2 Å². The minimum absolute atomic E-state index is 0.0565. The van der Waals surface area contributed by atoms with E-state index >= 15 is 0 Å². The molecule has 1 saturated carbocycles. The van der Waals surface area contributed by atoms with E-state index in [9.17, 15) is 14.0 Å². The number of nitrogens with two attached hydrogens (primary N) is 1. The molecule has 3 N–H and O–H groups in total. The number of carbonyl (C=O) groups is 2. The van der Waals surface area contributed by atoms with Gasteiger partial charge in [-0.25, -0.2) is 9.37 Å². The molecule has 9 nitrogen and oxygen atoms in total. The first-order valence-corrected chi connectivity index (χ1v) is 11.4. The van der Waals surface area contributed by atoms with Crippen molar-refractivity contribution in [2.75, 3.05) is 5.32 Å². The van der Waals surface area contributed by atoms with Gasteiger partial charge in [0.15, 0.2) is 5.82 Å². The lowest BCUT2D eigenvalue weighted by Gasteiger charge is -2.31. The summed E-state index contributed by atoms with van der Waals surface area (Å²) in [6.45, 7) is 4.04. The van der Waals surface area contributed by atoms with E-state index in [-0.39, 0.29) is 28.9 Å². The summed E-state index contributed by atoms with van der Waals surface area (Å²) in [5, 5.41) is 11.4. The Labute approximate surface area is 197 Å². The molecule has 0 aliphatic heterocycles. The van der Waals surface area contributed by atoms with Crippen LogP contribution in [0.15, 0.2) is 24.5 Å². The van der Waals surface area contributed by atoms with Gasteiger partial charge in [0.05, 0.1) is 35.4 Å². The van der Waals surface area contributed by atoms with Crippen LogP contribution in [0.5, 0.6) is 0 Å². The predicted molar refractivity (Wildman–Crippen MR) is 125 cm³/mol. The van der Waals surface area contributed by atoms with Crippen LogP contribution < -0.4 is 11.1 Å². The van der Waals surface area contributed by atoms with E-state index in [2.05, 4.69) is 27.4 Å². The first kappa shape index (κ1) is 23.6. The molecule has 1 fully saturated rings. The average Bonchev–Trinajstić information content (AvgIpc) is 3.32. The first-order valence-electron chi connectivity index (χ1n) is 11.4. The summed E-state index contributed by atoms with van der Waals surface area (Å²) in [4.78, 5) is 29.5. The van der Waals surface area contributed by atoms with Crippen molar-refractivity contribution in [3.05, 3.63) is 47.3 Å². The molecule has 1 aliphatic carbocycles. The molecule has 0 spiro atoms. The van der Waals surface area contributed by atoms with Crippen LogP contribution in [0.4, 0.5) is 10.1 Å². The Morgan fingerprint density at radius 2 is 1.85 bits per heavy atom. The average molecular weight is 468 g/mol. The molecule has 10 heteroatoms. The minimum Gasteiger partial charge on any atom is -0.364 e. The van der Waals surface area contributed by atoms with E-state index < -0.39 is 17.6 Å². The number of nitrogens with one attached hydrogen (secondary N) is 1. The number of amides is 2. The van der Waals surface area contributed by atoms with Crippen molar-refractivity contribution in [1.82, 2.24) is 24.5 Å². The molecule has 4 rings (SSSR count). The lowest BCUT2D eigenvalue weighted by atomic mass is 9.75. The monoisotopic (exact) mass is 467 g/mol. The number of pyridine rings is 1. The summed E-state index contributed by atoms with van der Waals surface area (Å²) in [5.74, 6) is -1.40. The third kappa shape index (κ3) is 4.57. The van der Waals surface area contributed by atoms with Crippen LogP contribution in [-0.4, -0.2) is 36.4 Å². The van der Waals surface area contributed by atoms with Gasteiger partial charge in [0.2, 0.25) is 5.91 Å². The summed E-state index contributed by atoms with van der Waals surface area (Å²) >= 11 is 0. The van der Waals surface area contributed by atoms with Gasteiger partial charge < -0.3 is 11.1 Å². The Hall–Kier alpha value is -3.56. The van der Waals surface area contributed by atoms with Gasteiger partial charge in [-0.1, -0.05) is 19.8 Å². The number of halogens is 1. The molecule has 0 aromatic carbocycles. The van der Waals surface area contributed by atoms with E-state index in [1.807, 2.05) is 6.92 Å². The molecule has 34 heavy (non-hydrogen) atoms. The molecule has 1 atom stereocenters. The fourth-order valence-corrected chi connectivity index (χ4v) is 4.87. The SMILES string of the molecule is Cc1cnn(C)c1-c1ncc(NC(=O)C(c2cc(C(N)=O)n(C)n2)C2CCC(C)CC2)cc1F. The van der Waals surface area contributed by atoms with E-state index in [1.54, 1.807) is 31.0 Å². The van der Waals surface area contributed by atoms with Gasteiger partial charge in [0.1, 0.15) is 11.4 Å². The Kier molecular flexibility index (Phi) is 6.49. The maximum atomic E-state index is 15.0. The minimum atomic E-state index is -0.606. The van der Waals surface area contributed by atoms with Crippen molar-refractivity contribution < 1.29 is 14.0 Å². The number of nitrogens with zero attached hydrogens (tertiary/aromatic N) is 5. The molecular formula is C24H30FN7O2. The molecule has 3 aromatic rings. The molecule has 1 unspecified atom stereocenters. The molecule has 0 saturated heterocycles. The number of anilines is 1. The predicted octanol–water partition coefficient (Wildman–Crippen LogP) is 3.31. The quantitative estimate of drug-likeness (QED) is 0.576. The van der Waals surface area contributed by atoms with Crippen molar-refractivity contribution in [3.8, 4) is 11.4 Å². The van der Waals surface area contributed by atoms with E-state index in [1.165, 1.54) is 16.9 Å². The highest BCUT2D eigenvalue weighted by molar-refractivity contribution is 5.97. The number of rotatable bonds is 6. The third-order valence-corrected chi connectivity index (χ3v) is 6.74. The summed E-state index contributed by atoms with van der Waals surface area (Å²) in [6, 6.07) is 2.84. The number of carbonyl (C=O) groups excluding carboxylic acids is 2. The Bertz CT molecular complexity index is 1200. The number of primary amides is 1. The Morgan fingerprint density at radius 3 is 2.41 bits per heavy atom. The van der Waals surface area contributed by atoms with E-state index in [0.29, 0.717) is 17.3 Å². The van der Waals surface area contributed by atoms with Crippen molar-refractivity contribution in [2.45, 2.75) is 45.4 Å². The summed E-state index contributed by atoms with van der Waals surface area (Å²) in [6.07, 6.45) is 6.85. The summed E-state index contributed by atoms with van der Waals surface area (Å²) < 4.78 is 17.9. The lowest BCUT2D eigenvalue weighted by molar-refractivity contribution is -0.119. The van der Waals surface area contributed by atoms with Gasteiger partial charge in [-0.3, -0.25) is 19.0 Å². The fraction of sp³-hybridized carbons (Fsp3) is 0.458. The fourth-order valence-electron chi connectivity index (χ4n) is 4.87. The third-order valence-electron chi connectivity index (χ3n) is 6.74. The normalized spacial score (nSPS) is 19.1. The first-order chi connectivity index (χ1) is 16.2. The van der Waals surface area contributed by atoms with Gasteiger partial charge in [0.25, 0.3) is 5.91 Å². The molecule has 1 aliphatic rings. The van der Waals surface area contributed by atoms with Crippen LogP contribution in [0, 0.1) is 24.6 Å². The largest absolute Gasteiger partial charge is 0.364 e. The van der Waals surface area contributed by atoms with E-state index in [4.69, 9.17) is 5.73 Å². The van der Waals surface area contributed by atoms with Crippen LogP contribution in [0.2, 0.25) is 0 Å². The van der Waals surface area contributed by atoms with Crippen LogP contribution in [0.25, 0.3) is 11.4 Å². The van der Waals surface area contributed by atoms with Crippen LogP contribution in [0.3, 0.4) is 0 Å². The number of hydrogen-bond donors (Lipinski definition) is 2. The second-order valence-corrected chi connectivity index (χ2v) is 9.28. The highest BCUT2D eigenvalue weighted by Crippen LogP contribution is 2.39. The molecule has 3 heterocycles. The number of aromatic nitrogens is 5. The Morgan fingerprint density at radius 1 is 1.15 bits per heavy atom. The van der Waals surface area contributed by atoms with Crippen molar-refractivity contribution in [2.24, 2.45) is 31.7 Å². The number of aryl methyl sites for hydroxylation is 3. The van der Waals surface area contributed by atoms with Crippen LogP contribution in [-0.2, 0) is 18.9 Å². The molecule has 180 valence electrons. The molecular weight excluding hydrogens is 437 g/mol. The molecule has 2 amide bonds.